The van der Waals surface area contributed by atoms with Crippen LogP contribution in [0.2, 0.25) is 0 Å². The third kappa shape index (κ3) is 5.00. The average molecular weight is 481 g/mol. The van der Waals surface area contributed by atoms with Crippen molar-refractivity contribution in [3.8, 4) is 0 Å². The second kappa shape index (κ2) is 10.3. The molecule has 33 heavy (non-hydrogen) atoms. The van der Waals surface area contributed by atoms with Crippen LogP contribution in [0, 0.1) is 6.92 Å². The van der Waals surface area contributed by atoms with E-state index in [9.17, 15) is 9.59 Å². The van der Waals surface area contributed by atoms with Gasteiger partial charge in [0.15, 0.2) is 0 Å². The molecule has 1 aliphatic rings. The van der Waals surface area contributed by atoms with Gasteiger partial charge in [0.05, 0.1) is 17.1 Å². The third-order valence-electron chi connectivity index (χ3n) is 5.30. The minimum Gasteiger partial charge on any atom is -0.383 e. The summed E-state index contributed by atoms with van der Waals surface area (Å²) in [5, 5.41) is 3.17. The number of hydrogen-bond donors (Lipinski definition) is 1. The number of methoxy groups -OCH3 is 1. The zero-order valence-electron chi connectivity index (χ0n) is 18.4. The molecule has 1 N–H and O–H groups in total. The van der Waals surface area contributed by atoms with E-state index in [4.69, 9.17) is 17.0 Å². The van der Waals surface area contributed by atoms with Crippen molar-refractivity contribution in [3.63, 3.8) is 0 Å². The van der Waals surface area contributed by atoms with Crippen LogP contribution >= 0.6 is 24.0 Å². The summed E-state index contributed by atoms with van der Waals surface area (Å²) in [6, 6.07) is 13.7. The fourth-order valence-corrected chi connectivity index (χ4v) is 4.85. The van der Waals surface area contributed by atoms with Crippen LogP contribution < -0.4 is 10.9 Å². The number of hydrogen-bond acceptors (Lipinski definition) is 7. The monoisotopic (exact) mass is 480 g/mol. The molecule has 3 heterocycles. The summed E-state index contributed by atoms with van der Waals surface area (Å²) in [5.41, 5.74) is 2.64. The third-order valence-corrected chi connectivity index (χ3v) is 6.68. The topological polar surface area (TPSA) is 75.9 Å². The molecule has 4 rings (SSSR count). The number of amides is 1. The molecular formula is C24H24N4O3S2. The number of carbonyl (C=O) groups excluding carboxylic acids is 1. The normalized spacial score (nSPS) is 15.1. The Bertz CT molecular complexity index is 1290. The van der Waals surface area contributed by atoms with Gasteiger partial charge in [0.2, 0.25) is 0 Å². The van der Waals surface area contributed by atoms with Gasteiger partial charge in [0.1, 0.15) is 15.8 Å². The molecule has 9 heteroatoms. The molecular weight excluding hydrogens is 456 g/mol. The molecule has 1 amide bonds. The highest BCUT2D eigenvalue weighted by molar-refractivity contribution is 8.26. The highest BCUT2D eigenvalue weighted by Crippen LogP contribution is 2.33. The number of thiocarbonyl (C=S) groups is 1. The van der Waals surface area contributed by atoms with E-state index in [0.29, 0.717) is 52.4 Å². The number of aryl methyl sites for hydroxylation is 1. The number of nitrogens with zero attached hydrogens (tertiary/aromatic N) is 3. The van der Waals surface area contributed by atoms with Gasteiger partial charge in [-0.05, 0) is 36.6 Å². The molecule has 0 aliphatic carbocycles. The Morgan fingerprint density at radius 1 is 1.18 bits per heavy atom. The number of anilines is 1. The Balaban J connectivity index is 1.67. The molecule has 0 saturated carbocycles. The molecule has 0 atom stereocenters. The fraction of sp³-hybridized carbons (Fsp3) is 0.250. The van der Waals surface area contributed by atoms with Gasteiger partial charge in [0, 0.05) is 26.4 Å². The van der Waals surface area contributed by atoms with Gasteiger partial charge < -0.3 is 10.1 Å². The van der Waals surface area contributed by atoms with Crippen molar-refractivity contribution in [2.45, 2.75) is 13.3 Å². The van der Waals surface area contributed by atoms with Crippen LogP contribution in [0.1, 0.15) is 16.7 Å². The number of carbonyl (C=O) groups is 1. The minimum atomic E-state index is -0.252. The maximum Gasteiger partial charge on any atom is 0.267 e. The van der Waals surface area contributed by atoms with E-state index in [1.165, 1.54) is 16.2 Å². The lowest BCUT2D eigenvalue weighted by molar-refractivity contribution is -0.122. The summed E-state index contributed by atoms with van der Waals surface area (Å²) >= 11 is 6.67. The minimum absolute atomic E-state index is 0.197. The van der Waals surface area contributed by atoms with Crippen LogP contribution in [0.5, 0.6) is 0 Å². The van der Waals surface area contributed by atoms with Crippen molar-refractivity contribution < 1.29 is 9.53 Å². The summed E-state index contributed by atoms with van der Waals surface area (Å²) in [6.45, 7) is 3.32. The largest absolute Gasteiger partial charge is 0.383 e. The highest BCUT2D eigenvalue weighted by atomic mass is 32.2. The van der Waals surface area contributed by atoms with E-state index in [-0.39, 0.29) is 11.5 Å². The van der Waals surface area contributed by atoms with E-state index < -0.39 is 0 Å². The van der Waals surface area contributed by atoms with Crippen LogP contribution in [0.3, 0.4) is 0 Å². The van der Waals surface area contributed by atoms with Gasteiger partial charge in [-0.2, -0.15) is 0 Å². The molecule has 170 valence electrons. The summed E-state index contributed by atoms with van der Waals surface area (Å²) in [7, 11) is 1.61. The number of pyridine rings is 1. The number of nitrogens with one attached hydrogen (secondary N) is 1. The van der Waals surface area contributed by atoms with Crippen LogP contribution in [-0.2, 0) is 16.0 Å². The van der Waals surface area contributed by atoms with Crippen LogP contribution in [0.15, 0.2) is 58.4 Å². The van der Waals surface area contributed by atoms with Crippen LogP contribution in [0.25, 0.3) is 11.7 Å². The predicted molar refractivity (Wildman–Crippen MR) is 137 cm³/mol. The van der Waals surface area contributed by atoms with E-state index in [1.54, 1.807) is 30.3 Å². The second-order valence-electron chi connectivity index (χ2n) is 7.55. The van der Waals surface area contributed by atoms with E-state index in [2.05, 4.69) is 10.3 Å². The zero-order valence-corrected chi connectivity index (χ0v) is 20.0. The van der Waals surface area contributed by atoms with Crippen molar-refractivity contribution in [1.82, 2.24) is 14.3 Å². The Kier molecular flexibility index (Phi) is 7.22. The SMILES string of the molecule is COCCNc1nc2c(C)cccn2c(=O)c1/C=C1/SC(=S)N(CCc2ccccc2)C1=O. The van der Waals surface area contributed by atoms with Crippen molar-refractivity contribution in [2.24, 2.45) is 0 Å². The van der Waals surface area contributed by atoms with Gasteiger partial charge in [-0.15, -0.1) is 0 Å². The summed E-state index contributed by atoms with van der Waals surface area (Å²) in [5.74, 6) is 0.221. The maximum atomic E-state index is 13.3. The highest BCUT2D eigenvalue weighted by Gasteiger charge is 2.32. The molecule has 0 radical (unpaired) electrons. The first-order valence-electron chi connectivity index (χ1n) is 10.5. The maximum absolute atomic E-state index is 13.3. The lowest BCUT2D eigenvalue weighted by atomic mass is 10.1. The van der Waals surface area contributed by atoms with E-state index in [0.717, 1.165) is 11.1 Å². The van der Waals surface area contributed by atoms with Gasteiger partial charge >= 0.3 is 0 Å². The quantitative estimate of drug-likeness (QED) is 0.300. The smallest absolute Gasteiger partial charge is 0.267 e. The number of thioether (sulfide) groups is 1. The average Bonchev–Trinajstić information content (AvgIpc) is 3.08. The van der Waals surface area contributed by atoms with Crippen molar-refractivity contribution in [1.29, 1.82) is 0 Å². The molecule has 0 bridgehead atoms. The van der Waals surface area contributed by atoms with E-state index >= 15 is 0 Å². The first-order chi connectivity index (χ1) is 16.0. The molecule has 2 aromatic heterocycles. The fourth-order valence-electron chi connectivity index (χ4n) is 3.56. The number of fused-ring (bicyclic) bond motifs is 1. The van der Waals surface area contributed by atoms with Crippen LogP contribution in [0.4, 0.5) is 5.82 Å². The Labute approximate surface area is 201 Å². The lowest BCUT2D eigenvalue weighted by Crippen LogP contribution is -2.30. The lowest BCUT2D eigenvalue weighted by Gasteiger charge is -2.14. The zero-order chi connectivity index (χ0) is 23.4. The first-order valence-corrected chi connectivity index (χ1v) is 11.8. The molecule has 7 nitrogen and oxygen atoms in total. The van der Waals surface area contributed by atoms with Crippen molar-refractivity contribution >= 4 is 51.7 Å². The predicted octanol–water partition coefficient (Wildman–Crippen LogP) is 3.51. The van der Waals surface area contributed by atoms with Gasteiger partial charge in [-0.1, -0.05) is 60.4 Å². The molecule has 1 aliphatic heterocycles. The number of aromatic nitrogens is 2. The molecule has 3 aromatic rings. The number of ether oxygens (including phenoxy) is 1. The summed E-state index contributed by atoms with van der Waals surface area (Å²) in [4.78, 5) is 33.1. The Hall–Kier alpha value is -3.01. The molecule has 0 spiro atoms. The van der Waals surface area contributed by atoms with Gasteiger partial charge in [0.25, 0.3) is 11.5 Å². The number of benzene rings is 1. The summed E-state index contributed by atoms with van der Waals surface area (Å²) in [6.07, 6.45) is 3.98. The first kappa shape index (κ1) is 23.2. The second-order valence-corrected chi connectivity index (χ2v) is 9.23. The molecule has 1 aromatic carbocycles. The van der Waals surface area contributed by atoms with Gasteiger partial charge in [-0.25, -0.2) is 4.98 Å². The number of rotatable bonds is 8. The standard InChI is InChI=1S/C24H24N4O3S2/c1-16-7-6-12-27-21(16)26-20(25-11-14-31-2)18(22(27)29)15-19-23(30)28(24(32)33-19)13-10-17-8-4-3-5-9-17/h3-9,12,15,25H,10-11,13-14H2,1-2H3/b19-15+. The Morgan fingerprint density at radius 3 is 2.73 bits per heavy atom. The molecule has 1 saturated heterocycles. The Morgan fingerprint density at radius 2 is 1.97 bits per heavy atom. The van der Waals surface area contributed by atoms with Crippen molar-refractivity contribution in [2.75, 3.05) is 32.1 Å². The summed E-state index contributed by atoms with van der Waals surface area (Å²) < 4.78 is 7.10. The molecule has 0 unspecified atom stereocenters. The van der Waals surface area contributed by atoms with Crippen LogP contribution in [-0.4, -0.2) is 51.3 Å². The van der Waals surface area contributed by atoms with E-state index in [1.807, 2.05) is 43.3 Å². The van der Waals surface area contributed by atoms with Crippen molar-refractivity contribution in [3.05, 3.63) is 80.6 Å². The molecule has 1 fully saturated rings. The van der Waals surface area contributed by atoms with Gasteiger partial charge in [-0.3, -0.25) is 18.9 Å².